The third-order valence-electron chi connectivity index (χ3n) is 4.23. The van der Waals surface area contributed by atoms with Gasteiger partial charge in [0, 0.05) is 22.5 Å². The van der Waals surface area contributed by atoms with Crippen LogP contribution in [0.3, 0.4) is 0 Å². The van der Waals surface area contributed by atoms with Crippen LogP contribution in [0.25, 0.3) is 0 Å². The molecule has 0 aliphatic carbocycles. The Morgan fingerprint density at radius 2 is 1.89 bits per heavy atom. The van der Waals surface area contributed by atoms with Crippen molar-refractivity contribution in [1.82, 2.24) is 4.90 Å². The van der Waals surface area contributed by atoms with Crippen LogP contribution in [0.1, 0.15) is 40.5 Å². The van der Waals surface area contributed by atoms with Crippen LogP contribution in [-0.2, 0) is 4.79 Å². The van der Waals surface area contributed by atoms with Crippen molar-refractivity contribution in [1.29, 1.82) is 0 Å². The number of rotatable bonds is 7. The molecule has 0 spiro atoms. The number of carbonyl (C=O) groups excluding carboxylic acids is 3. The molecule has 8 heteroatoms. The summed E-state index contributed by atoms with van der Waals surface area (Å²) in [5.74, 6) is -0.384. The lowest BCUT2D eigenvalue weighted by Gasteiger charge is -2.14. The van der Waals surface area contributed by atoms with Crippen LogP contribution in [0.2, 0.25) is 5.02 Å². The number of hydrogen-bond acceptors (Lipinski definition) is 4. The summed E-state index contributed by atoms with van der Waals surface area (Å²) in [7, 11) is 0. The minimum atomic E-state index is -0.338. The number of benzene rings is 2. The number of fused-ring (bicyclic) bond motifs is 1. The number of nitrogens with one attached hydrogen (secondary N) is 1. The fraction of sp³-hybridized carbons (Fsp3) is 0.250. The predicted molar refractivity (Wildman–Crippen MR) is 110 cm³/mol. The molecule has 0 saturated carbocycles. The highest BCUT2D eigenvalue weighted by atomic mass is 79.9. The fourth-order valence-electron chi connectivity index (χ4n) is 2.96. The molecule has 1 heterocycles. The van der Waals surface area contributed by atoms with Crippen molar-refractivity contribution in [3.05, 3.63) is 57.0 Å². The molecule has 1 aliphatic heterocycles. The van der Waals surface area contributed by atoms with E-state index >= 15 is 0 Å². The second-order valence-electron chi connectivity index (χ2n) is 6.18. The van der Waals surface area contributed by atoms with E-state index in [-0.39, 0.29) is 30.7 Å². The van der Waals surface area contributed by atoms with Gasteiger partial charge in [-0.1, -0.05) is 27.5 Å². The lowest BCUT2D eigenvalue weighted by Crippen LogP contribution is -2.31. The molecule has 3 amide bonds. The van der Waals surface area contributed by atoms with Crippen LogP contribution in [0, 0.1) is 0 Å². The molecule has 3 rings (SSSR count). The number of anilines is 1. The van der Waals surface area contributed by atoms with Crippen molar-refractivity contribution in [2.75, 3.05) is 18.5 Å². The third-order valence-corrected chi connectivity index (χ3v) is 4.96. The molecule has 1 aliphatic rings. The zero-order valence-electron chi connectivity index (χ0n) is 15.1. The molecule has 28 heavy (non-hydrogen) atoms. The van der Waals surface area contributed by atoms with Crippen LogP contribution < -0.4 is 10.1 Å². The molecule has 2 aromatic carbocycles. The van der Waals surface area contributed by atoms with Crippen molar-refractivity contribution in [3.8, 4) is 5.75 Å². The van der Waals surface area contributed by atoms with Crippen molar-refractivity contribution >= 4 is 50.9 Å². The Balaban J connectivity index is 1.57. The monoisotopic (exact) mass is 464 g/mol. The fourth-order valence-corrected chi connectivity index (χ4v) is 3.49. The zero-order valence-corrected chi connectivity index (χ0v) is 17.5. The van der Waals surface area contributed by atoms with Gasteiger partial charge in [-0.25, -0.2) is 0 Å². The molecule has 0 bridgehead atoms. The summed E-state index contributed by atoms with van der Waals surface area (Å²) in [6.07, 6.45) is 0.498. The third kappa shape index (κ3) is 4.36. The summed E-state index contributed by atoms with van der Waals surface area (Å²) in [4.78, 5) is 38.3. The van der Waals surface area contributed by atoms with E-state index in [1.54, 1.807) is 36.4 Å². The van der Waals surface area contributed by atoms with Gasteiger partial charge in [-0.15, -0.1) is 0 Å². The van der Waals surface area contributed by atoms with Crippen LogP contribution in [0.4, 0.5) is 5.69 Å². The second kappa shape index (κ2) is 8.75. The molecule has 0 radical (unpaired) electrons. The largest absolute Gasteiger partial charge is 0.492 e. The van der Waals surface area contributed by atoms with Crippen LogP contribution in [0.5, 0.6) is 5.75 Å². The summed E-state index contributed by atoms with van der Waals surface area (Å²) in [6, 6.07) is 9.98. The zero-order chi connectivity index (χ0) is 20.3. The number of carbonyl (C=O) groups is 3. The van der Waals surface area contributed by atoms with Crippen LogP contribution >= 0.6 is 27.5 Å². The first-order valence-electron chi connectivity index (χ1n) is 8.78. The lowest BCUT2D eigenvalue weighted by atomic mass is 10.1. The maximum atomic E-state index is 12.4. The van der Waals surface area contributed by atoms with Gasteiger partial charge in [0.15, 0.2) is 0 Å². The summed E-state index contributed by atoms with van der Waals surface area (Å²) in [5.41, 5.74) is 1.26. The van der Waals surface area contributed by atoms with E-state index in [2.05, 4.69) is 21.2 Å². The van der Waals surface area contributed by atoms with E-state index in [0.717, 1.165) is 4.47 Å². The van der Waals surface area contributed by atoms with Crippen molar-refractivity contribution in [2.24, 2.45) is 0 Å². The average molecular weight is 466 g/mol. The minimum absolute atomic E-state index is 0.148. The van der Waals surface area contributed by atoms with Crippen molar-refractivity contribution in [2.45, 2.75) is 19.8 Å². The normalized spacial score (nSPS) is 12.9. The van der Waals surface area contributed by atoms with E-state index < -0.39 is 0 Å². The van der Waals surface area contributed by atoms with E-state index in [1.165, 1.54) is 4.90 Å². The number of amides is 3. The van der Waals surface area contributed by atoms with Crippen molar-refractivity contribution in [3.63, 3.8) is 0 Å². The lowest BCUT2D eigenvalue weighted by molar-refractivity contribution is -0.116. The van der Waals surface area contributed by atoms with E-state index in [1.807, 2.05) is 6.92 Å². The Morgan fingerprint density at radius 1 is 1.14 bits per heavy atom. The van der Waals surface area contributed by atoms with E-state index in [4.69, 9.17) is 16.3 Å². The molecule has 2 aromatic rings. The Bertz CT molecular complexity index is 948. The first kappa shape index (κ1) is 20.4. The maximum Gasteiger partial charge on any atom is 0.261 e. The highest BCUT2D eigenvalue weighted by molar-refractivity contribution is 9.10. The Kier molecular flexibility index (Phi) is 6.36. The van der Waals surface area contributed by atoms with Gasteiger partial charge in [0.2, 0.25) is 5.91 Å². The Hall–Kier alpha value is -2.38. The van der Waals surface area contributed by atoms with Crippen molar-refractivity contribution < 1.29 is 19.1 Å². The van der Waals surface area contributed by atoms with Gasteiger partial charge in [0.05, 0.1) is 23.4 Å². The Morgan fingerprint density at radius 3 is 2.64 bits per heavy atom. The molecule has 0 saturated heterocycles. The highest BCUT2D eigenvalue weighted by Crippen LogP contribution is 2.29. The number of ether oxygens (including phenoxy) is 1. The molecule has 0 fully saturated rings. The summed E-state index contributed by atoms with van der Waals surface area (Å²) < 4.78 is 6.21. The molecule has 0 unspecified atom stereocenters. The number of halogens is 2. The average Bonchev–Trinajstić information content (AvgIpc) is 2.88. The van der Waals surface area contributed by atoms with Crippen LogP contribution in [0.15, 0.2) is 40.9 Å². The van der Waals surface area contributed by atoms with E-state index in [9.17, 15) is 14.4 Å². The molecule has 0 atom stereocenters. The van der Waals surface area contributed by atoms with Gasteiger partial charge in [-0.05, 0) is 49.7 Å². The first-order valence-corrected chi connectivity index (χ1v) is 9.95. The second-order valence-corrected chi connectivity index (χ2v) is 7.53. The maximum absolute atomic E-state index is 12.4. The smallest absolute Gasteiger partial charge is 0.261 e. The summed E-state index contributed by atoms with van der Waals surface area (Å²) in [6.45, 7) is 2.48. The highest BCUT2D eigenvalue weighted by Gasteiger charge is 2.35. The topological polar surface area (TPSA) is 75.7 Å². The minimum Gasteiger partial charge on any atom is -0.492 e. The molecule has 1 N–H and O–H groups in total. The van der Waals surface area contributed by atoms with Gasteiger partial charge in [-0.2, -0.15) is 0 Å². The summed E-state index contributed by atoms with van der Waals surface area (Å²) >= 11 is 9.29. The quantitative estimate of drug-likeness (QED) is 0.610. The van der Waals surface area contributed by atoms with E-state index in [0.29, 0.717) is 40.6 Å². The standard InChI is InChI=1S/C20H18BrClN2O4/c1-2-28-17-8-6-13(22)11-16(17)23-18(25)4-3-9-24-19(26)14-7-5-12(21)10-15(14)20(24)27/h5-8,10-11H,2-4,9H2,1H3,(H,23,25). The molecule has 6 nitrogen and oxygen atoms in total. The number of imide groups is 1. The van der Waals surface area contributed by atoms with Gasteiger partial charge in [0.25, 0.3) is 11.8 Å². The Labute approximate surface area is 175 Å². The predicted octanol–water partition coefficient (Wildman–Crippen LogP) is 4.52. The van der Waals surface area contributed by atoms with Gasteiger partial charge < -0.3 is 10.1 Å². The first-order chi connectivity index (χ1) is 13.4. The molecule has 0 aromatic heterocycles. The van der Waals surface area contributed by atoms with Gasteiger partial charge in [-0.3, -0.25) is 19.3 Å². The molecular weight excluding hydrogens is 448 g/mol. The molecular formula is C20H18BrClN2O4. The summed E-state index contributed by atoms with van der Waals surface area (Å²) in [5, 5.41) is 3.25. The van der Waals surface area contributed by atoms with Gasteiger partial charge >= 0.3 is 0 Å². The number of nitrogens with zero attached hydrogens (tertiary/aromatic N) is 1. The SMILES string of the molecule is CCOc1ccc(Cl)cc1NC(=O)CCCN1C(=O)c2ccc(Br)cc2C1=O. The van der Waals surface area contributed by atoms with Crippen LogP contribution in [-0.4, -0.2) is 35.8 Å². The van der Waals surface area contributed by atoms with Gasteiger partial charge in [0.1, 0.15) is 5.75 Å². The number of hydrogen-bond donors (Lipinski definition) is 1. The molecule has 146 valence electrons.